The van der Waals surface area contributed by atoms with Gasteiger partial charge in [0.05, 0.1) is 41.9 Å². The van der Waals surface area contributed by atoms with Crippen LogP contribution in [-0.2, 0) is 33.4 Å². The number of benzene rings is 1. The molecule has 0 aromatic heterocycles. The Morgan fingerprint density at radius 3 is 1.52 bits per heavy atom. The van der Waals surface area contributed by atoms with Crippen LogP contribution in [0.4, 0.5) is 5.69 Å². The third-order valence-corrected chi connectivity index (χ3v) is 7.37. The molecule has 8 heteroatoms. The first-order valence-electron chi connectivity index (χ1n) is 11.3. The predicted molar refractivity (Wildman–Crippen MR) is 114 cm³/mol. The molecule has 170 valence electrons. The van der Waals surface area contributed by atoms with Crippen LogP contribution >= 0.6 is 0 Å². The van der Waals surface area contributed by atoms with Crippen LogP contribution in [0.3, 0.4) is 0 Å². The second-order valence-corrected chi connectivity index (χ2v) is 9.50. The van der Waals surface area contributed by atoms with Crippen molar-refractivity contribution in [3.8, 4) is 0 Å². The van der Waals surface area contributed by atoms with Crippen LogP contribution in [0.2, 0.25) is 0 Å². The van der Waals surface area contributed by atoms with Crippen molar-refractivity contribution in [1.29, 1.82) is 0 Å². The summed E-state index contributed by atoms with van der Waals surface area (Å²) in [5.41, 5.74) is 1.87. The highest BCUT2D eigenvalue weighted by Gasteiger charge is 2.61. The molecule has 7 rings (SSSR count). The maximum Gasteiger partial charge on any atom is 0.320 e. The molecule has 6 aliphatic heterocycles. The van der Waals surface area contributed by atoms with Gasteiger partial charge in [-0.2, -0.15) is 0 Å². The number of carbonyl (C=O) groups is 4. The number of esters is 2. The molecule has 8 atom stereocenters. The number of imide groups is 1. The Labute approximate surface area is 190 Å². The molecule has 6 heterocycles. The van der Waals surface area contributed by atoms with E-state index in [0.29, 0.717) is 11.6 Å². The van der Waals surface area contributed by atoms with Crippen LogP contribution in [0.15, 0.2) is 48.6 Å². The second kappa shape index (κ2) is 7.20. The highest BCUT2D eigenvalue weighted by atomic mass is 16.6. The summed E-state index contributed by atoms with van der Waals surface area (Å²) in [6.07, 6.45) is 6.56. The number of hydrogen-bond donors (Lipinski definition) is 0. The van der Waals surface area contributed by atoms with Gasteiger partial charge in [0, 0.05) is 0 Å². The van der Waals surface area contributed by atoms with Gasteiger partial charge in [0.1, 0.15) is 11.8 Å². The zero-order chi connectivity index (χ0) is 23.0. The fourth-order valence-electron chi connectivity index (χ4n) is 5.67. The zero-order valence-corrected chi connectivity index (χ0v) is 18.1. The summed E-state index contributed by atoms with van der Waals surface area (Å²) < 4.78 is 15.5. The van der Waals surface area contributed by atoms with Crippen LogP contribution in [0, 0.1) is 23.7 Å². The maximum absolute atomic E-state index is 12.6. The van der Waals surface area contributed by atoms with Crippen molar-refractivity contribution in [1.82, 2.24) is 0 Å². The number of carbonyl (C=O) groups excluding carboxylic acids is 4. The zero-order valence-electron chi connectivity index (χ0n) is 18.1. The fourth-order valence-corrected chi connectivity index (χ4v) is 5.67. The van der Waals surface area contributed by atoms with Crippen molar-refractivity contribution >= 4 is 29.4 Å². The number of fused-ring (bicyclic) bond motifs is 10. The van der Waals surface area contributed by atoms with Crippen LogP contribution in [-0.4, -0.2) is 48.2 Å². The SMILES string of the molecule is CC(C)c1ccc(N2C(=O)C3C4C=CC(O4)C3C2=O)cc1.O=C1OC(=O)C2C3C=CC(O3)C12. The Morgan fingerprint density at radius 2 is 1.09 bits per heavy atom. The lowest BCUT2D eigenvalue weighted by Gasteiger charge is -2.18. The number of rotatable bonds is 2. The van der Waals surface area contributed by atoms with Crippen LogP contribution in [0.1, 0.15) is 25.3 Å². The fraction of sp³-hybridized carbons (Fsp3) is 0.440. The summed E-state index contributed by atoms with van der Waals surface area (Å²) in [6, 6.07) is 7.70. The number of hydrogen-bond acceptors (Lipinski definition) is 7. The summed E-state index contributed by atoms with van der Waals surface area (Å²) in [6.45, 7) is 4.23. The van der Waals surface area contributed by atoms with E-state index in [9.17, 15) is 19.2 Å². The Balaban J connectivity index is 0.000000145. The minimum atomic E-state index is -0.429. The molecule has 0 spiro atoms. The molecule has 8 nitrogen and oxygen atoms in total. The van der Waals surface area contributed by atoms with Crippen molar-refractivity contribution in [3.63, 3.8) is 0 Å². The lowest BCUT2D eigenvalue weighted by atomic mass is 9.85. The molecule has 4 bridgehead atoms. The second-order valence-electron chi connectivity index (χ2n) is 9.50. The van der Waals surface area contributed by atoms with Crippen molar-refractivity contribution < 1.29 is 33.4 Å². The van der Waals surface area contributed by atoms with Gasteiger partial charge in [-0.15, -0.1) is 0 Å². The van der Waals surface area contributed by atoms with Crippen LogP contribution in [0.25, 0.3) is 0 Å². The van der Waals surface area contributed by atoms with Crippen molar-refractivity contribution in [2.75, 3.05) is 4.90 Å². The average molecular weight is 449 g/mol. The molecule has 6 aliphatic rings. The Hall–Kier alpha value is -3.10. The molecule has 33 heavy (non-hydrogen) atoms. The Kier molecular flexibility index (Phi) is 4.47. The first kappa shape index (κ1) is 20.5. The lowest BCUT2D eigenvalue weighted by molar-refractivity contribution is -0.156. The maximum atomic E-state index is 12.6. The summed E-state index contributed by atoms with van der Waals surface area (Å²) in [4.78, 5) is 48.7. The van der Waals surface area contributed by atoms with Gasteiger partial charge in [0.15, 0.2) is 0 Å². The molecule has 0 radical (unpaired) electrons. The highest BCUT2D eigenvalue weighted by molar-refractivity contribution is 6.23. The van der Waals surface area contributed by atoms with Gasteiger partial charge in [-0.1, -0.05) is 50.3 Å². The number of nitrogens with zero attached hydrogens (tertiary/aromatic N) is 1. The van der Waals surface area contributed by atoms with Gasteiger partial charge in [0.2, 0.25) is 11.8 Å². The van der Waals surface area contributed by atoms with E-state index in [1.54, 1.807) is 0 Å². The largest absolute Gasteiger partial charge is 0.393 e. The van der Waals surface area contributed by atoms with Gasteiger partial charge in [-0.3, -0.25) is 19.2 Å². The summed E-state index contributed by atoms with van der Waals surface area (Å²) in [5, 5.41) is 0. The number of anilines is 1. The number of cyclic esters (lactones) is 2. The van der Waals surface area contributed by atoms with Crippen molar-refractivity contribution in [2.24, 2.45) is 23.7 Å². The molecule has 4 fully saturated rings. The van der Waals surface area contributed by atoms with E-state index in [0.717, 1.165) is 0 Å². The highest BCUT2D eigenvalue weighted by Crippen LogP contribution is 2.46. The van der Waals surface area contributed by atoms with Gasteiger partial charge in [-0.25, -0.2) is 4.90 Å². The van der Waals surface area contributed by atoms with E-state index < -0.39 is 11.9 Å². The molecule has 1 aromatic rings. The molecule has 8 unspecified atom stereocenters. The van der Waals surface area contributed by atoms with E-state index in [4.69, 9.17) is 9.47 Å². The van der Waals surface area contributed by atoms with E-state index >= 15 is 0 Å². The first-order valence-corrected chi connectivity index (χ1v) is 11.3. The van der Waals surface area contributed by atoms with E-state index in [2.05, 4.69) is 18.6 Å². The molecule has 4 saturated heterocycles. The summed E-state index contributed by atoms with van der Waals surface area (Å²) in [5.74, 6) is -2.09. The minimum Gasteiger partial charge on any atom is -0.393 e. The van der Waals surface area contributed by atoms with E-state index in [1.165, 1.54) is 10.5 Å². The molecule has 0 aliphatic carbocycles. The summed E-state index contributed by atoms with van der Waals surface area (Å²) >= 11 is 0. The topological polar surface area (TPSA) is 99.2 Å². The third kappa shape index (κ3) is 2.90. The van der Waals surface area contributed by atoms with Gasteiger partial charge >= 0.3 is 11.9 Å². The van der Waals surface area contributed by atoms with Crippen molar-refractivity contribution in [3.05, 3.63) is 54.1 Å². The molecule has 2 amide bonds. The predicted octanol–water partition coefficient (Wildman–Crippen LogP) is 1.89. The number of amides is 2. The van der Waals surface area contributed by atoms with Gasteiger partial charge in [0.25, 0.3) is 0 Å². The van der Waals surface area contributed by atoms with Crippen molar-refractivity contribution in [2.45, 2.75) is 44.2 Å². The lowest BCUT2D eigenvalue weighted by Crippen LogP contribution is -2.34. The standard InChI is InChI=1S/C17H17NO3.C8H6O4/c1-9(2)10-3-5-11(6-4-10)18-16(19)14-12-7-8-13(21-12)15(14)17(18)20;9-7-5-3-1-2-4(11-3)6(5)8(10)12-7/h3-9,12-15H,1-2H3;1-6H. The number of ether oxygens (including phenoxy) is 3. The quantitative estimate of drug-likeness (QED) is 0.294. The molecule has 0 saturated carbocycles. The van der Waals surface area contributed by atoms with Gasteiger partial charge < -0.3 is 14.2 Å². The molecule has 1 aromatic carbocycles. The molecular formula is C25H23NO7. The average Bonchev–Trinajstić information content (AvgIpc) is 3.62. The Morgan fingerprint density at radius 1 is 0.667 bits per heavy atom. The molecule has 0 N–H and O–H groups in total. The third-order valence-electron chi connectivity index (χ3n) is 7.37. The first-order chi connectivity index (χ1) is 15.8. The minimum absolute atomic E-state index is 0.126. The molecular weight excluding hydrogens is 426 g/mol. The van der Waals surface area contributed by atoms with Crippen LogP contribution < -0.4 is 4.90 Å². The Bertz CT molecular complexity index is 1060. The van der Waals surface area contributed by atoms with Crippen LogP contribution in [0.5, 0.6) is 0 Å². The van der Waals surface area contributed by atoms with E-state index in [1.807, 2.05) is 48.6 Å². The monoisotopic (exact) mass is 449 g/mol. The normalized spacial score (nSPS) is 38.8. The smallest absolute Gasteiger partial charge is 0.320 e. The van der Waals surface area contributed by atoms with E-state index in [-0.39, 0.29) is 59.9 Å². The van der Waals surface area contributed by atoms with Gasteiger partial charge in [-0.05, 0) is 23.6 Å². The summed E-state index contributed by atoms with van der Waals surface area (Å²) in [7, 11) is 0.